The van der Waals surface area contributed by atoms with Crippen molar-refractivity contribution in [2.75, 3.05) is 18.4 Å². The van der Waals surface area contributed by atoms with E-state index in [-0.39, 0.29) is 5.41 Å². The minimum Gasteiger partial charge on any atom is -0.368 e. The molecule has 14 heavy (non-hydrogen) atoms. The van der Waals surface area contributed by atoms with Gasteiger partial charge in [-0.3, -0.25) is 4.98 Å². The molecule has 0 unspecified atom stereocenters. The van der Waals surface area contributed by atoms with Crippen molar-refractivity contribution in [1.29, 1.82) is 0 Å². The molecule has 1 aromatic heterocycles. The Balaban J connectivity index is 2.40. The first-order chi connectivity index (χ1) is 6.64. The van der Waals surface area contributed by atoms with Gasteiger partial charge in [0.05, 0.1) is 6.20 Å². The number of hydrogen-bond donors (Lipinski definition) is 2. The van der Waals surface area contributed by atoms with Gasteiger partial charge in [0.15, 0.2) is 0 Å². The van der Waals surface area contributed by atoms with Crippen LogP contribution in [0.4, 0.5) is 5.82 Å². The van der Waals surface area contributed by atoms with Gasteiger partial charge in [-0.15, -0.1) is 0 Å². The van der Waals surface area contributed by atoms with E-state index in [0.717, 1.165) is 25.3 Å². The van der Waals surface area contributed by atoms with Crippen LogP contribution in [0.3, 0.4) is 0 Å². The topological polar surface area (TPSA) is 63.8 Å². The Morgan fingerprint density at radius 3 is 2.79 bits per heavy atom. The van der Waals surface area contributed by atoms with E-state index in [1.54, 1.807) is 18.6 Å². The van der Waals surface area contributed by atoms with Crippen LogP contribution in [0, 0.1) is 5.41 Å². The van der Waals surface area contributed by atoms with Gasteiger partial charge >= 0.3 is 0 Å². The third-order valence-electron chi connectivity index (χ3n) is 2.13. The summed E-state index contributed by atoms with van der Waals surface area (Å²) in [6.07, 6.45) is 6.06. The standard InChI is InChI=1S/C10H18N4/c1-10(2,3-4-11)8-14-9-7-12-5-6-13-9/h5-7H,3-4,8,11H2,1-2H3,(H,13,14). The average molecular weight is 194 g/mol. The lowest BCUT2D eigenvalue weighted by Gasteiger charge is -2.24. The SMILES string of the molecule is CC(C)(CCN)CNc1cnccn1. The zero-order valence-corrected chi connectivity index (χ0v) is 8.83. The van der Waals surface area contributed by atoms with Crippen LogP contribution in [0.1, 0.15) is 20.3 Å². The quantitative estimate of drug-likeness (QED) is 0.740. The molecule has 78 valence electrons. The second-order valence-corrected chi connectivity index (χ2v) is 4.15. The third-order valence-corrected chi connectivity index (χ3v) is 2.13. The molecule has 4 nitrogen and oxygen atoms in total. The predicted octanol–water partition coefficient (Wildman–Crippen LogP) is 1.26. The van der Waals surface area contributed by atoms with Gasteiger partial charge in [-0.1, -0.05) is 13.8 Å². The molecular formula is C10H18N4. The van der Waals surface area contributed by atoms with Crippen molar-refractivity contribution in [3.05, 3.63) is 18.6 Å². The first-order valence-electron chi connectivity index (χ1n) is 4.84. The number of aromatic nitrogens is 2. The lowest BCUT2D eigenvalue weighted by atomic mass is 9.89. The molecule has 1 rings (SSSR count). The van der Waals surface area contributed by atoms with E-state index in [0.29, 0.717) is 0 Å². The first-order valence-corrected chi connectivity index (χ1v) is 4.84. The second-order valence-electron chi connectivity index (χ2n) is 4.15. The van der Waals surface area contributed by atoms with Crippen molar-refractivity contribution in [1.82, 2.24) is 9.97 Å². The Labute approximate surface area is 85.0 Å². The molecule has 0 amide bonds. The fourth-order valence-corrected chi connectivity index (χ4v) is 1.20. The summed E-state index contributed by atoms with van der Waals surface area (Å²) in [6.45, 7) is 5.95. The summed E-state index contributed by atoms with van der Waals surface area (Å²) in [5, 5.41) is 3.24. The monoisotopic (exact) mass is 194 g/mol. The van der Waals surface area contributed by atoms with Crippen LogP contribution in [0.2, 0.25) is 0 Å². The second kappa shape index (κ2) is 4.91. The van der Waals surface area contributed by atoms with Crippen molar-refractivity contribution in [3.63, 3.8) is 0 Å². The number of rotatable bonds is 5. The Morgan fingerprint density at radius 1 is 1.43 bits per heavy atom. The first kappa shape index (κ1) is 10.9. The maximum absolute atomic E-state index is 5.53. The molecule has 0 aliphatic carbocycles. The molecule has 0 saturated carbocycles. The number of anilines is 1. The molecular weight excluding hydrogens is 176 g/mol. The zero-order chi connectivity index (χ0) is 10.4. The lowest BCUT2D eigenvalue weighted by molar-refractivity contribution is 0.365. The van der Waals surface area contributed by atoms with Gasteiger partial charge in [0.2, 0.25) is 0 Å². The van der Waals surface area contributed by atoms with Crippen LogP contribution in [0.25, 0.3) is 0 Å². The van der Waals surface area contributed by atoms with Gasteiger partial charge in [0, 0.05) is 18.9 Å². The van der Waals surface area contributed by atoms with Gasteiger partial charge in [-0.25, -0.2) is 4.98 Å². The number of hydrogen-bond acceptors (Lipinski definition) is 4. The summed E-state index contributed by atoms with van der Waals surface area (Å²) in [7, 11) is 0. The molecule has 0 aliphatic rings. The molecule has 0 radical (unpaired) electrons. The van der Waals surface area contributed by atoms with Crippen LogP contribution in [-0.2, 0) is 0 Å². The van der Waals surface area contributed by atoms with Crippen molar-refractivity contribution in [2.45, 2.75) is 20.3 Å². The minimum absolute atomic E-state index is 0.201. The van der Waals surface area contributed by atoms with Crippen LogP contribution in [0.5, 0.6) is 0 Å². The highest BCUT2D eigenvalue weighted by Crippen LogP contribution is 2.19. The number of nitrogens with one attached hydrogen (secondary N) is 1. The maximum atomic E-state index is 5.53. The molecule has 3 N–H and O–H groups in total. The fourth-order valence-electron chi connectivity index (χ4n) is 1.20. The number of nitrogens with two attached hydrogens (primary N) is 1. The summed E-state index contributed by atoms with van der Waals surface area (Å²) in [5.74, 6) is 0.817. The van der Waals surface area contributed by atoms with Gasteiger partial charge < -0.3 is 11.1 Å². The highest BCUT2D eigenvalue weighted by Gasteiger charge is 2.16. The smallest absolute Gasteiger partial charge is 0.144 e. The van der Waals surface area contributed by atoms with Crippen molar-refractivity contribution in [2.24, 2.45) is 11.1 Å². The Bertz CT molecular complexity index is 258. The van der Waals surface area contributed by atoms with Gasteiger partial charge in [-0.05, 0) is 18.4 Å². The molecule has 0 bridgehead atoms. The van der Waals surface area contributed by atoms with Gasteiger partial charge in [0.25, 0.3) is 0 Å². The fraction of sp³-hybridized carbons (Fsp3) is 0.600. The van der Waals surface area contributed by atoms with Crippen molar-refractivity contribution >= 4 is 5.82 Å². The van der Waals surface area contributed by atoms with E-state index in [1.807, 2.05) is 0 Å². The zero-order valence-electron chi connectivity index (χ0n) is 8.83. The largest absolute Gasteiger partial charge is 0.368 e. The normalized spacial score (nSPS) is 11.4. The highest BCUT2D eigenvalue weighted by molar-refractivity contribution is 5.29. The van der Waals surface area contributed by atoms with E-state index in [2.05, 4.69) is 29.1 Å². The average Bonchev–Trinajstić information content (AvgIpc) is 2.17. The van der Waals surface area contributed by atoms with Crippen molar-refractivity contribution in [3.8, 4) is 0 Å². The van der Waals surface area contributed by atoms with Crippen LogP contribution < -0.4 is 11.1 Å². The Hall–Kier alpha value is -1.16. The van der Waals surface area contributed by atoms with E-state index in [1.165, 1.54) is 0 Å². The van der Waals surface area contributed by atoms with E-state index < -0.39 is 0 Å². The highest BCUT2D eigenvalue weighted by atomic mass is 15.0. The summed E-state index contributed by atoms with van der Waals surface area (Å²) >= 11 is 0. The molecule has 1 heterocycles. The summed E-state index contributed by atoms with van der Waals surface area (Å²) in [5.41, 5.74) is 5.73. The third kappa shape index (κ3) is 3.70. The Morgan fingerprint density at radius 2 is 2.21 bits per heavy atom. The van der Waals surface area contributed by atoms with Crippen molar-refractivity contribution < 1.29 is 0 Å². The lowest BCUT2D eigenvalue weighted by Crippen LogP contribution is -2.26. The van der Waals surface area contributed by atoms with Gasteiger partial charge in [0.1, 0.15) is 5.82 Å². The predicted molar refractivity (Wildman–Crippen MR) is 58.0 cm³/mol. The molecule has 0 aliphatic heterocycles. The molecule has 0 saturated heterocycles. The summed E-state index contributed by atoms with van der Waals surface area (Å²) in [4.78, 5) is 8.12. The molecule has 0 fully saturated rings. The van der Waals surface area contributed by atoms with Crippen LogP contribution >= 0.6 is 0 Å². The minimum atomic E-state index is 0.201. The van der Waals surface area contributed by atoms with Gasteiger partial charge in [-0.2, -0.15) is 0 Å². The molecule has 0 spiro atoms. The molecule has 1 aromatic rings. The van der Waals surface area contributed by atoms with E-state index in [9.17, 15) is 0 Å². The molecule has 0 atom stereocenters. The van der Waals surface area contributed by atoms with Crippen LogP contribution in [0.15, 0.2) is 18.6 Å². The van der Waals surface area contributed by atoms with E-state index >= 15 is 0 Å². The number of nitrogens with zero attached hydrogens (tertiary/aromatic N) is 2. The summed E-state index contributed by atoms with van der Waals surface area (Å²) in [6, 6.07) is 0. The van der Waals surface area contributed by atoms with E-state index in [4.69, 9.17) is 5.73 Å². The molecule has 0 aromatic carbocycles. The molecule has 4 heteroatoms. The summed E-state index contributed by atoms with van der Waals surface area (Å²) < 4.78 is 0. The van der Waals surface area contributed by atoms with Crippen LogP contribution in [-0.4, -0.2) is 23.1 Å². The maximum Gasteiger partial charge on any atom is 0.144 e. The Kier molecular flexibility index (Phi) is 3.83.